The van der Waals surface area contributed by atoms with E-state index in [2.05, 4.69) is 0 Å². The molecule has 0 aromatic heterocycles. The Balaban J connectivity index is 1.87. The van der Waals surface area contributed by atoms with Gasteiger partial charge in [-0.2, -0.15) is 17.6 Å². The van der Waals surface area contributed by atoms with Crippen LogP contribution < -0.4 is 10.6 Å². The molecule has 0 aliphatic carbocycles. The van der Waals surface area contributed by atoms with Gasteiger partial charge in [0.2, 0.25) is 0 Å². The normalized spacial score (nSPS) is 24.8. The SMILES string of the molecule is O=C(NC[C@@H]1CCCO1)C(F)(F)C(F)(F)C(=O)NC[C@@H]1CCCO1. The maximum Gasteiger partial charge on any atom is 0.395 e. The fraction of sp³-hybridized carbons (Fsp3) is 0.857. The lowest BCUT2D eigenvalue weighted by atomic mass is 10.1. The zero-order chi connectivity index (χ0) is 17.8. The summed E-state index contributed by atoms with van der Waals surface area (Å²) in [5, 5.41) is 3.45. The molecule has 2 aliphatic heterocycles. The number of ether oxygens (including phenoxy) is 2. The predicted octanol–water partition coefficient (Wildman–Crippen LogP) is 0.847. The van der Waals surface area contributed by atoms with Crippen molar-refractivity contribution < 1.29 is 36.6 Å². The molecular weight excluding hydrogens is 336 g/mol. The van der Waals surface area contributed by atoms with Crippen molar-refractivity contribution in [1.29, 1.82) is 0 Å². The smallest absolute Gasteiger partial charge is 0.376 e. The van der Waals surface area contributed by atoms with Gasteiger partial charge in [-0.05, 0) is 25.7 Å². The van der Waals surface area contributed by atoms with E-state index in [1.54, 1.807) is 10.6 Å². The van der Waals surface area contributed by atoms with E-state index < -0.39 is 35.9 Å². The van der Waals surface area contributed by atoms with Crippen molar-refractivity contribution in [2.24, 2.45) is 0 Å². The summed E-state index contributed by atoms with van der Waals surface area (Å²) in [7, 11) is 0. The third-order valence-corrected chi connectivity index (χ3v) is 3.99. The Morgan fingerprint density at radius 2 is 1.21 bits per heavy atom. The lowest BCUT2D eigenvalue weighted by Gasteiger charge is -2.25. The van der Waals surface area contributed by atoms with E-state index in [1.807, 2.05) is 0 Å². The van der Waals surface area contributed by atoms with E-state index in [4.69, 9.17) is 9.47 Å². The summed E-state index contributed by atoms with van der Waals surface area (Å²) in [6, 6.07) is 0. The third kappa shape index (κ3) is 4.15. The number of hydrogen-bond donors (Lipinski definition) is 2. The van der Waals surface area contributed by atoms with E-state index in [0.717, 1.165) is 0 Å². The van der Waals surface area contributed by atoms with Crippen LogP contribution >= 0.6 is 0 Å². The van der Waals surface area contributed by atoms with Crippen molar-refractivity contribution in [1.82, 2.24) is 10.6 Å². The van der Waals surface area contributed by atoms with Gasteiger partial charge in [-0.15, -0.1) is 0 Å². The lowest BCUT2D eigenvalue weighted by molar-refractivity contribution is -0.211. The number of alkyl halides is 4. The minimum atomic E-state index is -5.16. The molecule has 2 atom stereocenters. The molecule has 0 unspecified atom stereocenters. The highest BCUT2D eigenvalue weighted by atomic mass is 19.3. The first-order chi connectivity index (χ1) is 11.2. The van der Waals surface area contributed by atoms with E-state index in [9.17, 15) is 27.2 Å². The van der Waals surface area contributed by atoms with Crippen molar-refractivity contribution in [2.45, 2.75) is 49.7 Å². The van der Waals surface area contributed by atoms with Gasteiger partial charge >= 0.3 is 11.8 Å². The van der Waals surface area contributed by atoms with Gasteiger partial charge in [-0.25, -0.2) is 0 Å². The van der Waals surface area contributed by atoms with Gasteiger partial charge in [0, 0.05) is 26.3 Å². The molecule has 24 heavy (non-hydrogen) atoms. The van der Waals surface area contributed by atoms with Crippen LogP contribution in [-0.2, 0) is 19.1 Å². The van der Waals surface area contributed by atoms with Crippen LogP contribution in [0.15, 0.2) is 0 Å². The molecule has 0 spiro atoms. The quantitative estimate of drug-likeness (QED) is 0.663. The number of carbonyl (C=O) groups is 2. The molecule has 2 saturated heterocycles. The first-order valence-corrected chi connectivity index (χ1v) is 7.80. The number of amides is 2. The molecular formula is C14H20F4N2O4. The summed E-state index contributed by atoms with van der Waals surface area (Å²) in [5.74, 6) is -14.7. The maximum atomic E-state index is 13.7. The highest BCUT2D eigenvalue weighted by Crippen LogP contribution is 2.34. The minimum Gasteiger partial charge on any atom is -0.376 e. The van der Waals surface area contributed by atoms with Gasteiger partial charge in [0.25, 0.3) is 11.8 Å². The van der Waals surface area contributed by atoms with E-state index in [0.29, 0.717) is 38.9 Å². The molecule has 2 N–H and O–H groups in total. The van der Waals surface area contributed by atoms with Crippen LogP contribution in [0, 0.1) is 0 Å². The summed E-state index contributed by atoms with van der Waals surface area (Å²) >= 11 is 0. The first-order valence-electron chi connectivity index (χ1n) is 7.80. The van der Waals surface area contributed by atoms with Gasteiger partial charge in [0.15, 0.2) is 0 Å². The Hall–Kier alpha value is -1.42. The molecule has 2 heterocycles. The van der Waals surface area contributed by atoms with Gasteiger partial charge in [-0.3, -0.25) is 9.59 Å². The number of carbonyl (C=O) groups excluding carboxylic acids is 2. The molecule has 2 rings (SSSR count). The maximum absolute atomic E-state index is 13.7. The summed E-state index contributed by atoms with van der Waals surface area (Å²) in [6.07, 6.45) is 1.55. The Labute approximate surface area is 136 Å². The summed E-state index contributed by atoms with van der Waals surface area (Å²) in [4.78, 5) is 22.9. The lowest BCUT2D eigenvalue weighted by Crippen LogP contribution is -2.60. The van der Waals surface area contributed by atoms with Crippen molar-refractivity contribution in [3.05, 3.63) is 0 Å². The van der Waals surface area contributed by atoms with Crippen molar-refractivity contribution in [3.63, 3.8) is 0 Å². The largest absolute Gasteiger partial charge is 0.395 e. The molecule has 2 fully saturated rings. The molecule has 0 radical (unpaired) electrons. The zero-order valence-corrected chi connectivity index (χ0v) is 13.0. The number of hydrogen-bond acceptors (Lipinski definition) is 4. The van der Waals surface area contributed by atoms with Gasteiger partial charge < -0.3 is 20.1 Å². The van der Waals surface area contributed by atoms with Gasteiger partial charge in [-0.1, -0.05) is 0 Å². The fourth-order valence-corrected chi connectivity index (χ4v) is 2.53. The molecule has 0 bridgehead atoms. The van der Waals surface area contributed by atoms with E-state index in [-0.39, 0.29) is 13.1 Å². The highest BCUT2D eigenvalue weighted by molar-refractivity contribution is 5.95. The molecule has 6 nitrogen and oxygen atoms in total. The first kappa shape index (κ1) is 18.9. The second-order valence-electron chi connectivity index (χ2n) is 5.84. The molecule has 138 valence electrons. The van der Waals surface area contributed by atoms with Crippen molar-refractivity contribution in [2.75, 3.05) is 26.3 Å². The van der Waals surface area contributed by atoms with Crippen LogP contribution in [0.3, 0.4) is 0 Å². The second-order valence-corrected chi connectivity index (χ2v) is 5.84. The number of nitrogens with one attached hydrogen (secondary N) is 2. The highest BCUT2D eigenvalue weighted by Gasteiger charge is 2.66. The fourth-order valence-electron chi connectivity index (χ4n) is 2.53. The molecule has 0 aromatic rings. The summed E-state index contributed by atoms with van der Waals surface area (Å²) < 4.78 is 65.1. The van der Waals surface area contributed by atoms with Gasteiger partial charge in [0.1, 0.15) is 0 Å². The molecule has 10 heteroatoms. The molecule has 0 aromatic carbocycles. The molecule has 2 aliphatic rings. The summed E-state index contributed by atoms with van der Waals surface area (Å²) in [5.41, 5.74) is 0. The van der Waals surface area contributed by atoms with Gasteiger partial charge in [0.05, 0.1) is 12.2 Å². The topological polar surface area (TPSA) is 76.7 Å². The van der Waals surface area contributed by atoms with Crippen LogP contribution in [0.2, 0.25) is 0 Å². The van der Waals surface area contributed by atoms with Crippen LogP contribution in [0.25, 0.3) is 0 Å². The van der Waals surface area contributed by atoms with Crippen LogP contribution in [-0.4, -0.2) is 62.2 Å². The Bertz CT molecular complexity index is 422. The standard InChI is InChI=1S/C14H20F4N2O4/c15-13(16,11(21)19-7-9-3-1-5-23-9)14(17,18)12(22)20-8-10-4-2-6-24-10/h9-10H,1-8H2,(H,19,21)(H,20,22)/t9-,10-/m0/s1. The predicted molar refractivity (Wildman–Crippen MR) is 73.9 cm³/mol. The Morgan fingerprint density at radius 3 is 1.50 bits per heavy atom. The van der Waals surface area contributed by atoms with Crippen LogP contribution in [0.4, 0.5) is 17.6 Å². The van der Waals surface area contributed by atoms with E-state index in [1.165, 1.54) is 0 Å². The molecule has 2 amide bonds. The number of halogens is 4. The average molecular weight is 356 g/mol. The van der Waals surface area contributed by atoms with Crippen molar-refractivity contribution >= 4 is 11.8 Å². The van der Waals surface area contributed by atoms with Crippen molar-refractivity contribution in [3.8, 4) is 0 Å². The minimum absolute atomic E-state index is 0.304. The van der Waals surface area contributed by atoms with E-state index >= 15 is 0 Å². The third-order valence-electron chi connectivity index (χ3n) is 3.99. The Kier molecular flexibility index (Phi) is 6.02. The van der Waals surface area contributed by atoms with Crippen LogP contribution in [0.5, 0.6) is 0 Å². The monoisotopic (exact) mass is 356 g/mol. The number of rotatable bonds is 7. The summed E-state index contributed by atoms with van der Waals surface area (Å²) in [6.45, 7) is 0.252. The zero-order valence-electron chi connectivity index (χ0n) is 13.0. The van der Waals surface area contributed by atoms with Crippen LogP contribution in [0.1, 0.15) is 25.7 Å². The Morgan fingerprint density at radius 1 is 0.833 bits per heavy atom. The second kappa shape index (κ2) is 7.64. The molecule has 0 saturated carbocycles. The average Bonchev–Trinajstić information content (AvgIpc) is 3.23.